The number of hydrogen-bond donors (Lipinski definition) is 2. The Morgan fingerprint density at radius 2 is 1.72 bits per heavy atom. The van der Waals surface area contributed by atoms with E-state index in [0.29, 0.717) is 11.3 Å². The number of halogens is 1. The number of fused-ring (bicyclic) bond motifs is 1. The molecule has 3 aromatic carbocycles. The Morgan fingerprint density at radius 3 is 2.47 bits per heavy atom. The number of nitrogens with one attached hydrogen (secondary N) is 2. The second kappa shape index (κ2) is 9.85. The van der Waals surface area contributed by atoms with Crippen LogP contribution in [0.15, 0.2) is 75.5 Å². The van der Waals surface area contributed by atoms with E-state index in [2.05, 4.69) is 31.5 Å². The van der Waals surface area contributed by atoms with Crippen molar-refractivity contribution in [1.82, 2.24) is 4.98 Å². The van der Waals surface area contributed by atoms with Crippen molar-refractivity contribution in [2.24, 2.45) is 0 Å². The number of rotatable bonds is 6. The van der Waals surface area contributed by atoms with E-state index in [0.717, 1.165) is 30.3 Å². The first-order valence-electron chi connectivity index (χ1n) is 9.90. The maximum atomic E-state index is 12.6. The van der Waals surface area contributed by atoms with Crippen molar-refractivity contribution in [2.45, 2.75) is 23.4 Å². The summed E-state index contributed by atoms with van der Waals surface area (Å²) in [5, 5.41) is 5.57. The van der Waals surface area contributed by atoms with Gasteiger partial charge in [0.2, 0.25) is 5.91 Å². The van der Waals surface area contributed by atoms with Crippen LogP contribution >= 0.6 is 39.0 Å². The first kappa shape index (κ1) is 22.5. The highest BCUT2D eigenvalue weighted by Crippen LogP contribution is 2.34. The lowest BCUT2D eigenvalue weighted by atomic mass is 10.2. The Balaban J connectivity index is 1.43. The van der Waals surface area contributed by atoms with Crippen LogP contribution in [0.2, 0.25) is 0 Å². The summed E-state index contributed by atoms with van der Waals surface area (Å²) in [4.78, 5) is 29.7. The molecule has 2 amide bonds. The largest absolute Gasteiger partial charge is 0.325 e. The monoisotopic (exact) mass is 525 g/mol. The fraction of sp³-hybridized carbons (Fsp3) is 0.125. The number of carbonyl (C=O) groups is 2. The number of thiazole rings is 1. The first-order valence-corrected chi connectivity index (χ1v) is 12.4. The van der Waals surface area contributed by atoms with Crippen molar-refractivity contribution in [3.8, 4) is 0 Å². The van der Waals surface area contributed by atoms with Gasteiger partial charge in [0, 0.05) is 15.8 Å². The predicted octanol–water partition coefficient (Wildman–Crippen LogP) is 6.74. The van der Waals surface area contributed by atoms with Crippen LogP contribution in [0.3, 0.4) is 0 Å². The molecule has 2 N–H and O–H groups in total. The van der Waals surface area contributed by atoms with Gasteiger partial charge in [0.25, 0.3) is 5.91 Å². The van der Waals surface area contributed by atoms with Crippen LogP contribution in [0.1, 0.15) is 22.8 Å². The highest BCUT2D eigenvalue weighted by atomic mass is 79.9. The van der Waals surface area contributed by atoms with Gasteiger partial charge in [0.15, 0.2) is 4.34 Å². The fourth-order valence-electron chi connectivity index (χ4n) is 2.96. The van der Waals surface area contributed by atoms with E-state index < -0.39 is 0 Å². The molecular formula is C24H20BrN3O2S2. The molecule has 0 aliphatic carbocycles. The molecule has 0 spiro atoms. The number of benzene rings is 3. The molecule has 162 valence electrons. The lowest BCUT2D eigenvalue weighted by Crippen LogP contribution is -2.22. The minimum Gasteiger partial charge on any atom is -0.325 e. The number of hydrogen-bond acceptors (Lipinski definition) is 5. The van der Waals surface area contributed by atoms with Crippen molar-refractivity contribution in [3.05, 3.63) is 82.3 Å². The molecule has 0 bridgehead atoms. The predicted molar refractivity (Wildman–Crippen MR) is 137 cm³/mol. The van der Waals surface area contributed by atoms with Crippen molar-refractivity contribution in [1.29, 1.82) is 0 Å². The van der Waals surface area contributed by atoms with Crippen LogP contribution in [0.4, 0.5) is 11.4 Å². The molecular weight excluding hydrogens is 506 g/mol. The van der Waals surface area contributed by atoms with Gasteiger partial charge in [-0.05, 0) is 72.2 Å². The smallest absolute Gasteiger partial charge is 0.256 e. The zero-order chi connectivity index (χ0) is 22.7. The van der Waals surface area contributed by atoms with E-state index in [1.54, 1.807) is 6.07 Å². The average molecular weight is 526 g/mol. The zero-order valence-electron chi connectivity index (χ0n) is 17.4. The summed E-state index contributed by atoms with van der Waals surface area (Å²) >= 11 is 6.33. The van der Waals surface area contributed by atoms with Gasteiger partial charge in [-0.3, -0.25) is 9.59 Å². The summed E-state index contributed by atoms with van der Waals surface area (Å²) < 4.78 is 2.50. The van der Waals surface area contributed by atoms with Crippen LogP contribution in [0, 0.1) is 6.92 Å². The number of amides is 2. The summed E-state index contributed by atoms with van der Waals surface area (Å²) in [5.74, 6) is -0.253. The summed E-state index contributed by atoms with van der Waals surface area (Å²) in [6.45, 7) is 3.87. The number of anilines is 2. The molecule has 1 heterocycles. The molecule has 5 nitrogen and oxygen atoms in total. The number of carbonyl (C=O) groups excluding carboxylic acids is 2. The lowest BCUT2D eigenvalue weighted by molar-refractivity contribution is -0.115. The van der Waals surface area contributed by atoms with Crippen molar-refractivity contribution in [2.75, 3.05) is 10.6 Å². The van der Waals surface area contributed by atoms with Crippen LogP contribution < -0.4 is 10.6 Å². The summed E-state index contributed by atoms with van der Waals surface area (Å²) in [7, 11) is 0. The van der Waals surface area contributed by atoms with E-state index in [4.69, 9.17) is 0 Å². The van der Waals surface area contributed by atoms with Gasteiger partial charge < -0.3 is 10.6 Å². The molecule has 4 aromatic rings. The number of aryl methyl sites for hydroxylation is 1. The van der Waals surface area contributed by atoms with Crippen molar-refractivity contribution in [3.63, 3.8) is 0 Å². The van der Waals surface area contributed by atoms with Gasteiger partial charge >= 0.3 is 0 Å². The van der Waals surface area contributed by atoms with Crippen LogP contribution in [-0.4, -0.2) is 22.0 Å². The zero-order valence-corrected chi connectivity index (χ0v) is 20.6. The quantitative estimate of drug-likeness (QED) is 0.273. The summed E-state index contributed by atoms with van der Waals surface area (Å²) in [6.07, 6.45) is 0. The highest BCUT2D eigenvalue weighted by Gasteiger charge is 2.17. The average Bonchev–Trinajstić information content (AvgIpc) is 3.17. The minimum atomic E-state index is -0.300. The molecule has 8 heteroatoms. The van der Waals surface area contributed by atoms with Gasteiger partial charge in [-0.2, -0.15) is 0 Å². The van der Waals surface area contributed by atoms with Crippen molar-refractivity contribution >= 4 is 72.4 Å². The molecule has 0 aliphatic heterocycles. The Kier molecular flexibility index (Phi) is 6.93. The summed E-state index contributed by atoms with van der Waals surface area (Å²) in [6, 6.07) is 20.6. The fourth-order valence-corrected chi connectivity index (χ4v) is 5.68. The minimum absolute atomic E-state index is 0.0699. The van der Waals surface area contributed by atoms with E-state index in [1.807, 2.05) is 74.5 Å². The number of thioether (sulfide) groups is 1. The van der Waals surface area contributed by atoms with E-state index in [-0.39, 0.29) is 17.1 Å². The Morgan fingerprint density at radius 1 is 1.00 bits per heavy atom. The third-order valence-corrected chi connectivity index (χ3v) is 7.61. The Hall–Kier alpha value is -2.68. The van der Waals surface area contributed by atoms with E-state index in [1.165, 1.54) is 23.1 Å². The molecule has 0 radical (unpaired) electrons. The van der Waals surface area contributed by atoms with Crippen LogP contribution in [-0.2, 0) is 4.79 Å². The van der Waals surface area contributed by atoms with Gasteiger partial charge in [0.1, 0.15) is 0 Å². The second-order valence-corrected chi connectivity index (χ2v) is 10.7. The van der Waals surface area contributed by atoms with Crippen LogP contribution in [0.5, 0.6) is 0 Å². The molecule has 0 aliphatic rings. The van der Waals surface area contributed by atoms with Gasteiger partial charge in [0.05, 0.1) is 21.0 Å². The first-order chi connectivity index (χ1) is 15.4. The standard InChI is InChI=1S/C24H20BrN3O2S2/c1-14-7-9-16(10-8-14)26-22(29)15(2)31-24-28-20-12-11-17(13-21(20)32-24)27-23(30)18-5-3-4-6-19(18)25/h3-13,15H,1-2H3,(H,26,29)(H,27,30)/t15-/m1/s1. The Bertz CT molecular complexity index is 1290. The third kappa shape index (κ3) is 5.38. The normalized spacial score (nSPS) is 11.8. The molecule has 0 saturated heterocycles. The molecule has 0 unspecified atom stereocenters. The maximum absolute atomic E-state index is 12.6. The Labute approximate surface area is 202 Å². The molecule has 1 aromatic heterocycles. The molecule has 4 rings (SSSR count). The SMILES string of the molecule is Cc1ccc(NC(=O)[C@@H](C)Sc2nc3ccc(NC(=O)c4ccccc4Br)cc3s2)cc1. The molecule has 32 heavy (non-hydrogen) atoms. The highest BCUT2D eigenvalue weighted by molar-refractivity contribution is 9.10. The van der Waals surface area contributed by atoms with Crippen LogP contribution in [0.25, 0.3) is 10.2 Å². The summed E-state index contributed by atoms with van der Waals surface area (Å²) in [5.41, 5.74) is 4.03. The molecule has 0 fully saturated rings. The van der Waals surface area contributed by atoms with Gasteiger partial charge in [-0.15, -0.1) is 11.3 Å². The second-order valence-electron chi connectivity index (χ2n) is 7.21. The molecule has 0 saturated carbocycles. The number of aromatic nitrogens is 1. The van der Waals surface area contributed by atoms with Gasteiger partial charge in [-0.25, -0.2) is 4.98 Å². The number of nitrogens with zero attached hydrogens (tertiary/aromatic N) is 1. The van der Waals surface area contributed by atoms with E-state index >= 15 is 0 Å². The van der Waals surface area contributed by atoms with Gasteiger partial charge in [-0.1, -0.05) is 41.6 Å². The maximum Gasteiger partial charge on any atom is 0.256 e. The third-order valence-electron chi connectivity index (χ3n) is 4.71. The van der Waals surface area contributed by atoms with Crippen molar-refractivity contribution < 1.29 is 9.59 Å². The molecule has 1 atom stereocenters. The lowest BCUT2D eigenvalue weighted by Gasteiger charge is -2.10. The van der Waals surface area contributed by atoms with E-state index in [9.17, 15) is 9.59 Å². The topological polar surface area (TPSA) is 71.1 Å².